The van der Waals surface area contributed by atoms with Crippen LogP contribution in [0.25, 0.3) is 5.82 Å². The highest BCUT2D eigenvalue weighted by atomic mass is 16.2. The van der Waals surface area contributed by atoms with Crippen molar-refractivity contribution in [1.29, 1.82) is 0 Å². The van der Waals surface area contributed by atoms with Crippen molar-refractivity contribution in [3.8, 4) is 5.82 Å². The molecule has 132 valence electrons. The highest BCUT2D eigenvalue weighted by Gasteiger charge is 2.23. The molecule has 2 aromatic rings. The lowest BCUT2D eigenvalue weighted by Crippen LogP contribution is -2.37. The lowest BCUT2D eigenvalue weighted by molar-refractivity contribution is -0.127. The van der Waals surface area contributed by atoms with E-state index in [0.29, 0.717) is 37.3 Å². The van der Waals surface area contributed by atoms with E-state index in [1.54, 1.807) is 29.0 Å². The highest BCUT2D eigenvalue weighted by molar-refractivity contribution is 5.95. The Kier molecular flexibility index (Phi) is 5.11. The van der Waals surface area contributed by atoms with Gasteiger partial charge in [-0.05, 0) is 25.0 Å². The molecule has 1 aliphatic rings. The minimum atomic E-state index is -0.0781. The third-order valence-corrected chi connectivity index (χ3v) is 4.52. The fourth-order valence-electron chi connectivity index (χ4n) is 3.09. The summed E-state index contributed by atoms with van der Waals surface area (Å²) in [6, 6.07) is 5.60. The first-order valence-electron chi connectivity index (χ1n) is 8.63. The van der Waals surface area contributed by atoms with Crippen LogP contribution in [0.15, 0.2) is 30.6 Å². The van der Waals surface area contributed by atoms with Crippen molar-refractivity contribution in [3.05, 3.63) is 41.9 Å². The summed E-state index contributed by atoms with van der Waals surface area (Å²) in [5.41, 5.74) is 1.43. The molecule has 0 aromatic carbocycles. The molecule has 0 spiro atoms. The number of aromatic nitrogens is 3. The Bertz CT molecular complexity index is 756. The molecule has 0 saturated carbocycles. The Morgan fingerprint density at radius 2 is 2.20 bits per heavy atom. The molecule has 1 saturated heterocycles. The standard InChI is InChI=1S/C18H23N5O2/c1-3-15-14(13-20-23(15)16-7-4-5-9-19-16)18(25)21(2)11-12-22-10-6-8-17(22)24/h4-5,7,9,13H,3,6,8,10-12H2,1-2H3. The van der Waals surface area contributed by atoms with Crippen molar-refractivity contribution in [2.45, 2.75) is 26.2 Å². The second-order valence-electron chi connectivity index (χ2n) is 6.17. The van der Waals surface area contributed by atoms with Gasteiger partial charge in [-0.2, -0.15) is 5.10 Å². The van der Waals surface area contributed by atoms with Crippen LogP contribution in [0.1, 0.15) is 35.8 Å². The van der Waals surface area contributed by atoms with E-state index < -0.39 is 0 Å². The number of rotatable bonds is 6. The van der Waals surface area contributed by atoms with E-state index in [9.17, 15) is 9.59 Å². The van der Waals surface area contributed by atoms with Crippen LogP contribution in [0.2, 0.25) is 0 Å². The van der Waals surface area contributed by atoms with Gasteiger partial charge in [0.05, 0.1) is 17.5 Å². The predicted molar refractivity (Wildman–Crippen MR) is 93.5 cm³/mol. The fraction of sp³-hybridized carbons (Fsp3) is 0.444. The van der Waals surface area contributed by atoms with Gasteiger partial charge in [0.2, 0.25) is 5.91 Å². The number of carbonyl (C=O) groups excluding carboxylic acids is 2. The molecule has 3 heterocycles. The summed E-state index contributed by atoms with van der Waals surface area (Å²) < 4.78 is 1.71. The van der Waals surface area contributed by atoms with Crippen molar-refractivity contribution >= 4 is 11.8 Å². The molecule has 7 heteroatoms. The molecule has 0 aliphatic carbocycles. The number of nitrogens with zero attached hydrogens (tertiary/aromatic N) is 5. The molecular weight excluding hydrogens is 318 g/mol. The van der Waals surface area contributed by atoms with Crippen molar-refractivity contribution in [2.75, 3.05) is 26.7 Å². The second kappa shape index (κ2) is 7.46. The number of pyridine rings is 1. The minimum absolute atomic E-state index is 0.0781. The average Bonchev–Trinajstić information content (AvgIpc) is 3.25. The highest BCUT2D eigenvalue weighted by Crippen LogP contribution is 2.16. The maximum Gasteiger partial charge on any atom is 0.257 e. The maximum absolute atomic E-state index is 12.8. The zero-order valence-corrected chi connectivity index (χ0v) is 14.7. The average molecular weight is 341 g/mol. The Labute approximate surface area is 147 Å². The van der Waals surface area contributed by atoms with Gasteiger partial charge in [-0.3, -0.25) is 9.59 Å². The third-order valence-electron chi connectivity index (χ3n) is 4.52. The summed E-state index contributed by atoms with van der Waals surface area (Å²) in [5, 5.41) is 4.35. The maximum atomic E-state index is 12.8. The Morgan fingerprint density at radius 3 is 2.84 bits per heavy atom. The van der Waals surface area contributed by atoms with E-state index >= 15 is 0 Å². The Hall–Kier alpha value is -2.70. The van der Waals surface area contributed by atoms with E-state index in [1.165, 1.54) is 0 Å². The molecule has 1 aliphatic heterocycles. The number of amides is 2. The lowest BCUT2D eigenvalue weighted by Gasteiger charge is -2.22. The first kappa shape index (κ1) is 17.1. The van der Waals surface area contributed by atoms with E-state index in [4.69, 9.17) is 0 Å². The van der Waals surface area contributed by atoms with Crippen LogP contribution in [-0.4, -0.2) is 63.1 Å². The number of hydrogen-bond donors (Lipinski definition) is 0. The summed E-state index contributed by atoms with van der Waals surface area (Å²) in [6.45, 7) is 3.88. The normalized spacial score (nSPS) is 14.2. The number of hydrogen-bond acceptors (Lipinski definition) is 4. The van der Waals surface area contributed by atoms with E-state index in [1.807, 2.05) is 30.0 Å². The Balaban J connectivity index is 1.73. The molecule has 0 unspecified atom stereocenters. The predicted octanol–water partition coefficient (Wildman–Crippen LogP) is 1.52. The van der Waals surface area contributed by atoms with Crippen LogP contribution in [0.3, 0.4) is 0 Å². The number of likely N-dealkylation sites (tertiary alicyclic amines) is 1. The van der Waals surface area contributed by atoms with Gasteiger partial charge in [0, 0.05) is 39.3 Å². The quantitative estimate of drug-likeness (QED) is 0.799. The van der Waals surface area contributed by atoms with Crippen molar-refractivity contribution in [2.24, 2.45) is 0 Å². The van der Waals surface area contributed by atoms with Gasteiger partial charge < -0.3 is 9.80 Å². The molecule has 25 heavy (non-hydrogen) atoms. The molecule has 7 nitrogen and oxygen atoms in total. The summed E-state index contributed by atoms with van der Waals surface area (Å²) in [7, 11) is 1.76. The van der Waals surface area contributed by atoms with Crippen LogP contribution in [0.5, 0.6) is 0 Å². The van der Waals surface area contributed by atoms with E-state index in [-0.39, 0.29) is 11.8 Å². The number of likely N-dealkylation sites (N-methyl/N-ethyl adjacent to an activating group) is 1. The van der Waals surface area contributed by atoms with E-state index in [2.05, 4.69) is 10.1 Å². The summed E-state index contributed by atoms with van der Waals surface area (Å²) in [5.74, 6) is 0.799. The van der Waals surface area contributed by atoms with Crippen LogP contribution < -0.4 is 0 Å². The SMILES string of the molecule is CCc1c(C(=O)N(C)CCN2CCCC2=O)cnn1-c1ccccn1. The third kappa shape index (κ3) is 3.55. The lowest BCUT2D eigenvalue weighted by atomic mass is 10.2. The molecule has 2 aromatic heterocycles. The van der Waals surface area contributed by atoms with Crippen LogP contribution in [0.4, 0.5) is 0 Å². The zero-order chi connectivity index (χ0) is 17.8. The summed E-state index contributed by atoms with van der Waals surface area (Å²) in [4.78, 5) is 32.3. The van der Waals surface area contributed by atoms with Crippen LogP contribution >= 0.6 is 0 Å². The molecule has 0 radical (unpaired) electrons. The summed E-state index contributed by atoms with van der Waals surface area (Å²) in [6.07, 6.45) is 5.52. The zero-order valence-electron chi connectivity index (χ0n) is 14.7. The van der Waals surface area contributed by atoms with Gasteiger partial charge in [0.15, 0.2) is 5.82 Å². The summed E-state index contributed by atoms with van der Waals surface area (Å²) >= 11 is 0. The Morgan fingerprint density at radius 1 is 1.36 bits per heavy atom. The minimum Gasteiger partial charge on any atom is -0.341 e. The van der Waals surface area contributed by atoms with Gasteiger partial charge in [-0.1, -0.05) is 13.0 Å². The van der Waals surface area contributed by atoms with Crippen LogP contribution in [-0.2, 0) is 11.2 Å². The fourth-order valence-corrected chi connectivity index (χ4v) is 3.09. The van der Waals surface area contributed by atoms with E-state index in [0.717, 1.165) is 18.7 Å². The first-order valence-corrected chi connectivity index (χ1v) is 8.63. The molecule has 3 rings (SSSR count). The van der Waals surface area contributed by atoms with Crippen LogP contribution in [0, 0.1) is 0 Å². The van der Waals surface area contributed by atoms with Crippen molar-refractivity contribution < 1.29 is 9.59 Å². The number of carbonyl (C=O) groups is 2. The molecule has 0 N–H and O–H groups in total. The first-order chi connectivity index (χ1) is 12.1. The second-order valence-corrected chi connectivity index (χ2v) is 6.17. The van der Waals surface area contributed by atoms with Gasteiger partial charge in [-0.15, -0.1) is 0 Å². The van der Waals surface area contributed by atoms with Gasteiger partial charge in [0.25, 0.3) is 5.91 Å². The molecular formula is C18H23N5O2. The largest absolute Gasteiger partial charge is 0.341 e. The monoisotopic (exact) mass is 341 g/mol. The molecule has 0 atom stereocenters. The smallest absolute Gasteiger partial charge is 0.257 e. The van der Waals surface area contributed by atoms with Gasteiger partial charge in [-0.25, -0.2) is 9.67 Å². The van der Waals surface area contributed by atoms with Crippen molar-refractivity contribution in [1.82, 2.24) is 24.6 Å². The molecule has 1 fully saturated rings. The van der Waals surface area contributed by atoms with Gasteiger partial charge in [0.1, 0.15) is 0 Å². The topological polar surface area (TPSA) is 71.3 Å². The van der Waals surface area contributed by atoms with Crippen molar-refractivity contribution in [3.63, 3.8) is 0 Å². The molecule has 2 amide bonds. The van der Waals surface area contributed by atoms with Gasteiger partial charge >= 0.3 is 0 Å². The molecule has 0 bridgehead atoms.